The van der Waals surface area contributed by atoms with Crippen molar-refractivity contribution >= 4 is 40.2 Å². The number of thiol groups is 1. The van der Waals surface area contributed by atoms with Crippen LogP contribution >= 0.6 is 28.6 Å². The first-order valence-electron chi connectivity index (χ1n) is 5.77. The number of carbonyl (C=O) groups excluding carboxylic acids is 1. The summed E-state index contributed by atoms with van der Waals surface area (Å²) in [7, 11) is 0. The fourth-order valence-corrected chi connectivity index (χ4v) is 2.85. The van der Waals surface area contributed by atoms with E-state index in [-0.39, 0.29) is 11.2 Å². The van der Waals surface area contributed by atoms with Crippen molar-refractivity contribution in [3.8, 4) is 0 Å². The molecule has 1 aromatic carbocycles. The number of nitrogens with zero attached hydrogens (tertiary/aromatic N) is 1. The third-order valence-corrected chi connectivity index (χ3v) is 3.85. The third-order valence-electron chi connectivity index (χ3n) is 3.01. The topological polar surface area (TPSA) is 20.3 Å². The summed E-state index contributed by atoms with van der Waals surface area (Å²) in [5, 5.41) is 0.158. The maximum absolute atomic E-state index is 11.9. The van der Waals surface area contributed by atoms with Gasteiger partial charge in [-0.25, -0.2) is 0 Å². The molecule has 1 amide bonds. The van der Waals surface area contributed by atoms with Gasteiger partial charge in [-0.2, -0.15) is 12.6 Å². The molecule has 0 spiro atoms. The molecule has 2 rings (SSSR count). The number of anilines is 1. The molecule has 1 aliphatic heterocycles. The van der Waals surface area contributed by atoms with Crippen LogP contribution in [0, 0.1) is 0 Å². The van der Waals surface area contributed by atoms with Crippen LogP contribution in [-0.2, 0) is 4.79 Å². The van der Waals surface area contributed by atoms with Crippen molar-refractivity contribution in [2.75, 3.05) is 11.4 Å². The van der Waals surface area contributed by atoms with Gasteiger partial charge in [-0.15, -0.1) is 0 Å². The predicted molar refractivity (Wildman–Crippen MR) is 78.0 cm³/mol. The summed E-state index contributed by atoms with van der Waals surface area (Å²) in [6.45, 7) is 5.00. The molecule has 0 saturated carbocycles. The second-order valence-electron chi connectivity index (χ2n) is 4.72. The zero-order valence-electron chi connectivity index (χ0n) is 9.98. The van der Waals surface area contributed by atoms with Crippen molar-refractivity contribution in [2.24, 2.45) is 0 Å². The molecule has 1 heterocycles. The van der Waals surface area contributed by atoms with Crippen molar-refractivity contribution in [1.82, 2.24) is 0 Å². The Kier molecular flexibility index (Phi) is 3.83. The molecular formula is C13H16BrNOS. The normalized spacial score (nSPS) is 20.4. The average Bonchev–Trinajstić information content (AvgIpc) is 2.57. The van der Waals surface area contributed by atoms with Crippen molar-refractivity contribution in [3.05, 3.63) is 28.2 Å². The molecule has 1 atom stereocenters. The summed E-state index contributed by atoms with van der Waals surface area (Å²) in [5.41, 5.74) is 2.24. The summed E-state index contributed by atoms with van der Waals surface area (Å²) in [5.74, 6) is 0.573. The smallest absolute Gasteiger partial charge is 0.228 e. The Hall–Kier alpha value is -0.480. The van der Waals surface area contributed by atoms with Crippen LogP contribution in [0.25, 0.3) is 0 Å². The zero-order chi connectivity index (χ0) is 12.6. The van der Waals surface area contributed by atoms with Crippen LogP contribution in [0.2, 0.25) is 0 Å². The van der Waals surface area contributed by atoms with Gasteiger partial charge in [0.2, 0.25) is 5.91 Å². The fraction of sp³-hybridized carbons (Fsp3) is 0.462. The lowest BCUT2D eigenvalue weighted by molar-refractivity contribution is -0.117. The van der Waals surface area contributed by atoms with Crippen LogP contribution in [-0.4, -0.2) is 17.7 Å². The van der Waals surface area contributed by atoms with Gasteiger partial charge in [0.25, 0.3) is 0 Å². The molecule has 2 nitrogen and oxygen atoms in total. The summed E-state index contributed by atoms with van der Waals surface area (Å²) < 4.78 is 1.05. The number of benzene rings is 1. The Balaban J connectivity index is 2.41. The summed E-state index contributed by atoms with van der Waals surface area (Å²) in [6, 6.07) is 6.10. The van der Waals surface area contributed by atoms with Gasteiger partial charge in [0.05, 0.1) is 0 Å². The molecule has 1 aliphatic rings. The molecule has 1 unspecified atom stereocenters. The maximum Gasteiger partial charge on any atom is 0.228 e. The first-order chi connectivity index (χ1) is 7.99. The Bertz CT molecular complexity index is 447. The van der Waals surface area contributed by atoms with Gasteiger partial charge in [-0.05, 0) is 29.7 Å². The van der Waals surface area contributed by atoms with Crippen LogP contribution in [0.5, 0.6) is 0 Å². The van der Waals surface area contributed by atoms with Crippen LogP contribution in [0.15, 0.2) is 22.7 Å². The van der Waals surface area contributed by atoms with E-state index in [1.165, 1.54) is 5.56 Å². The lowest BCUT2D eigenvalue weighted by Gasteiger charge is -2.22. The minimum atomic E-state index is 0.158. The number of amides is 1. The summed E-state index contributed by atoms with van der Waals surface area (Å²) in [4.78, 5) is 13.8. The quantitative estimate of drug-likeness (QED) is 0.827. The SMILES string of the molecule is CC(C)c1cc(Br)ccc1N1CC(S)CC1=O. The second kappa shape index (κ2) is 5.02. The lowest BCUT2D eigenvalue weighted by atomic mass is 10.0. The van der Waals surface area contributed by atoms with Gasteiger partial charge < -0.3 is 4.90 Å². The van der Waals surface area contributed by atoms with E-state index < -0.39 is 0 Å². The number of hydrogen-bond acceptors (Lipinski definition) is 2. The van der Waals surface area contributed by atoms with Gasteiger partial charge in [0, 0.05) is 28.4 Å². The second-order valence-corrected chi connectivity index (χ2v) is 6.37. The highest BCUT2D eigenvalue weighted by Crippen LogP contribution is 2.33. The van der Waals surface area contributed by atoms with E-state index in [4.69, 9.17) is 0 Å². The number of hydrogen-bond donors (Lipinski definition) is 1. The minimum absolute atomic E-state index is 0.158. The molecule has 0 aliphatic carbocycles. The van der Waals surface area contributed by atoms with E-state index in [2.05, 4.69) is 48.5 Å². The Labute approximate surface area is 116 Å². The Morgan fingerprint density at radius 3 is 2.71 bits per heavy atom. The highest BCUT2D eigenvalue weighted by Gasteiger charge is 2.29. The number of halogens is 1. The van der Waals surface area contributed by atoms with E-state index in [1.807, 2.05) is 17.0 Å². The molecule has 0 aromatic heterocycles. The van der Waals surface area contributed by atoms with E-state index >= 15 is 0 Å². The highest BCUT2D eigenvalue weighted by molar-refractivity contribution is 9.10. The maximum atomic E-state index is 11.9. The molecule has 0 N–H and O–H groups in total. The molecule has 92 valence electrons. The molecule has 1 fully saturated rings. The van der Waals surface area contributed by atoms with Crippen molar-refractivity contribution in [3.63, 3.8) is 0 Å². The van der Waals surface area contributed by atoms with E-state index in [0.29, 0.717) is 18.9 Å². The van der Waals surface area contributed by atoms with Crippen LogP contribution < -0.4 is 4.90 Å². The number of carbonyl (C=O) groups is 1. The predicted octanol–water partition coefficient (Wildman–Crippen LogP) is 3.61. The molecular weight excluding hydrogens is 298 g/mol. The summed E-state index contributed by atoms with van der Waals surface area (Å²) >= 11 is 7.88. The average molecular weight is 314 g/mol. The third kappa shape index (κ3) is 2.68. The highest BCUT2D eigenvalue weighted by atomic mass is 79.9. The van der Waals surface area contributed by atoms with Gasteiger partial charge in [0.1, 0.15) is 0 Å². The molecule has 1 aromatic rings. The number of rotatable bonds is 2. The monoisotopic (exact) mass is 313 g/mol. The fourth-order valence-electron chi connectivity index (χ4n) is 2.16. The Morgan fingerprint density at radius 1 is 1.47 bits per heavy atom. The molecule has 17 heavy (non-hydrogen) atoms. The van der Waals surface area contributed by atoms with Gasteiger partial charge >= 0.3 is 0 Å². The Morgan fingerprint density at radius 2 is 2.18 bits per heavy atom. The lowest BCUT2D eigenvalue weighted by Crippen LogP contribution is -2.26. The summed E-state index contributed by atoms with van der Waals surface area (Å²) in [6.07, 6.45) is 0.538. The van der Waals surface area contributed by atoms with Gasteiger partial charge in [-0.1, -0.05) is 29.8 Å². The van der Waals surface area contributed by atoms with Gasteiger partial charge in [-0.3, -0.25) is 4.79 Å². The van der Waals surface area contributed by atoms with Gasteiger partial charge in [0.15, 0.2) is 0 Å². The first-order valence-corrected chi connectivity index (χ1v) is 7.08. The van der Waals surface area contributed by atoms with E-state index in [1.54, 1.807) is 0 Å². The molecule has 1 saturated heterocycles. The standard InChI is InChI=1S/C13H16BrNOS/c1-8(2)11-5-9(14)3-4-12(11)15-7-10(17)6-13(15)16/h3-5,8,10,17H,6-7H2,1-2H3. The zero-order valence-corrected chi connectivity index (χ0v) is 12.5. The van der Waals surface area contributed by atoms with Crippen molar-refractivity contribution < 1.29 is 4.79 Å². The van der Waals surface area contributed by atoms with Crippen LogP contribution in [0.3, 0.4) is 0 Å². The molecule has 4 heteroatoms. The van der Waals surface area contributed by atoms with Crippen LogP contribution in [0.4, 0.5) is 5.69 Å². The van der Waals surface area contributed by atoms with Crippen LogP contribution in [0.1, 0.15) is 31.7 Å². The molecule has 0 bridgehead atoms. The van der Waals surface area contributed by atoms with E-state index in [0.717, 1.165) is 10.2 Å². The van der Waals surface area contributed by atoms with Crippen molar-refractivity contribution in [2.45, 2.75) is 31.4 Å². The molecule has 0 radical (unpaired) electrons. The first kappa shape index (κ1) is 13.0. The largest absolute Gasteiger partial charge is 0.311 e. The minimum Gasteiger partial charge on any atom is -0.311 e. The van der Waals surface area contributed by atoms with E-state index in [9.17, 15) is 4.79 Å². The van der Waals surface area contributed by atoms with Crippen molar-refractivity contribution in [1.29, 1.82) is 0 Å².